The topological polar surface area (TPSA) is 113 Å². The Balaban J connectivity index is 1.65. The van der Waals surface area contributed by atoms with Crippen LogP contribution in [0.1, 0.15) is 60.7 Å². The molecule has 3 aliphatic rings. The van der Waals surface area contributed by atoms with Gasteiger partial charge in [-0.1, -0.05) is 6.92 Å². The summed E-state index contributed by atoms with van der Waals surface area (Å²) in [5.74, 6) is 1.37. The zero-order chi connectivity index (χ0) is 26.1. The van der Waals surface area contributed by atoms with Gasteiger partial charge in [0.25, 0.3) is 0 Å². The Morgan fingerprint density at radius 2 is 2.11 bits per heavy atom. The van der Waals surface area contributed by atoms with Gasteiger partial charge >= 0.3 is 0 Å². The van der Waals surface area contributed by atoms with Crippen molar-refractivity contribution in [3.63, 3.8) is 0 Å². The number of nitrogens with zero attached hydrogens (tertiary/aromatic N) is 6. The number of hydrogen-bond acceptors (Lipinski definition) is 7. The monoisotopic (exact) mass is 501 g/mol. The lowest BCUT2D eigenvalue weighted by Gasteiger charge is -2.35. The minimum atomic E-state index is 0.0814. The lowest BCUT2D eigenvalue weighted by molar-refractivity contribution is -0.129. The number of ether oxygens (including phenoxy) is 1. The van der Waals surface area contributed by atoms with Crippen molar-refractivity contribution in [2.75, 3.05) is 38.3 Å². The van der Waals surface area contributed by atoms with Crippen molar-refractivity contribution in [2.45, 2.75) is 52.1 Å². The minimum Gasteiger partial charge on any atom is -0.404 e. The molecule has 3 aliphatic heterocycles. The fourth-order valence-corrected chi connectivity index (χ4v) is 5.92. The summed E-state index contributed by atoms with van der Waals surface area (Å²) in [6, 6.07) is 6.71. The molecule has 194 valence electrons. The number of carbonyl (C=O) groups is 1. The number of amides is 1. The zero-order valence-electron chi connectivity index (χ0n) is 21.9. The number of nitriles is 1. The summed E-state index contributed by atoms with van der Waals surface area (Å²) < 4.78 is 7.84. The van der Waals surface area contributed by atoms with Gasteiger partial charge in [0, 0.05) is 87.2 Å². The molecule has 5 rings (SSSR count). The largest absolute Gasteiger partial charge is 0.404 e. The molecule has 37 heavy (non-hydrogen) atoms. The predicted octanol–water partition coefficient (Wildman–Crippen LogP) is 3.34. The maximum Gasteiger partial charge on any atom is 0.219 e. The van der Waals surface area contributed by atoms with Crippen molar-refractivity contribution >= 4 is 29.2 Å². The third-order valence-corrected chi connectivity index (χ3v) is 7.75. The van der Waals surface area contributed by atoms with E-state index in [4.69, 9.17) is 15.6 Å². The molecule has 1 atom stereocenters. The summed E-state index contributed by atoms with van der Waals surface area (Å²) in [4.78, 5) is 20.6. The van der Waals surface area contributed by atoms with Gasteiger partial charge in [-0.3, -0.25) is 14.5 Å². The molecule has 0 radical (unpaired) electrons. The molecular weight excluding hydrogens is 466 g/mol. The highest BCUT2D eigenvalue weighted by atomic mass is 16.5. The molecule has 1 fully saturated rings. The predicted molar refractivity (Wildman–Crippen MR) is 144 cm³/mol. The molecule has 1 aromatic carbocycles. The number of rotatable bonds is 4. The number of carbonyl (C=O) groups excluding carboxylic acids is 1. The summed E-state index contributed by atoms with van der Waals surface area (Å²) in [5, 5.41) is 15.3. The first-order valence-electron chi connectivity index (χ1n) is 13.1. The van der Waals surface area contributed by atoms with Crippen LogP contribution in [-0.4, -0.2) is 60.2 Å². The van der Waals surface area contributed by atoms with Crippen LogP contribution in [0.25, 0.3) is 5.57 Å². The van der Waals surface area contributed by atoms with Crippen LogP contribution in [0.4, 0.5) is 11.5 Å². The Morgan fingerprint density at radius 1 is 1.32 bits per heavy atom. The first-order valence-corrected chi connectivity index (χ1v) is 13.1. The second-order valence-electron chi connectivity index (χ2n) is 10.3. The molecule has 1 amide bonds. The van der Waals surface area contributed by atoms with Crippen molar-refractivity contribution in [2.24, 2.45) is 16.6 Å². The summed E-state index contributed by atoms with van der Waals surface area (Å²) in [5.41, 5.74) is 12.5. The van der Waals surface area contributed by atoms with E-state index in [0.717, 1.165) is 79.2 Å². The molecule has 0 spiro atoms. The second kappa shape index (κ2) is 10.4. The van der Waals surface area contributed by atoms with Gasteiger partial charge in [-0.05, 0) is 42.9 Å². The second-order valence-corrected chi connectivity index (χ2v) is 10.3. The number of hydrogen-bond donors (Lipinski definition) is 1. The molecule has 0 aliphatic carbocycles. The van der Waals surface area contributed by atoms with Gasteiger partial charge in [-0.2, -0.15) is 10.4 Å². The van der Waals surface area contributed by atoms with Crippen LogP contribution in [0.3, 0.4) is 0 Å². The maximum atomic E-state index is 12.3. The van der Waals surface area contributed by atoms with Crippen LogP contribution >= 0.6 is 0 Å². The molecule has 4 heterocycles. The number of anilines is 2. The van der Waals surface area contributed by atoms with Crippen molar-refractivity contribution in [3.8, 4) is 6.07 Å². The van der Waals surface area contributed by atoms with Crippen molar-refractivity contribution < 1.29 is 9.53 Å². The molecule has 0 saturated carbocycles. The van der Waals surface area contributed by atoms with Gasteiger partial charge in [0.05, 0.1) is 24.2 Å². The van der Waals surface area contributed by atoms with Gasteiger partial charge in [0.15, 0.2) is 5.82 Å². The summed E-state index contributed by atoms with van der Waals surface area (Å²) in [6.45, 7) is 7.41. The van der Waals surface area contributed by atoms with Crippen LogP contribution < -0.4 is 10.6 Å². The van der Waals surface area contributed by atoms with E-state index in [2.05, 4.69) is 33.6 Å². The van der Waals surface area contributed by atoms with Gasteiger partial charge < -0.3 is 20.3 Å². The number of aliphatic imine (C=N–C) groups is 1. The van der Waals surface area contributed by atoms with Gasteiger partial charge in [-0.15, -0.1) is 0 Å². The molecule has 2 aromatic rings. The van der Waals surface area contributed by atoms with E-state index in [-0.39, 0.29) is 5.91 Å². The fraction of sp³-hybridized carbons (Fsp3) is 0.500. The van der Waals surface area contributed by atoms with Crippen molar-refractivity contribution in [1.29, 1.82) is 5.26 Å². The highest BCUT2D eigenvalue weighted by Crippen LogP contribution is 2.42. The number of benzene rings is 1. The average molecular weight is 502 g/mol. The quantitative estimate of drug-likeness (QED) is 0.643. The van der Waals surface area contributed by atoms with E-state index < -0.39 is 0 Å². The van der Waals surface area contributed by atoms with Crippen molar-refractivity contribution in [1.82, 2.24) is 14.7 Å². The van der Waals surface area contributed by atoms with Crippen LogP contribution in [0.5, 0.6) is 0 Å². The van der Waals surface area contributed by atoms with Crippen LogP contribution in [0.15, 0.2) is 23.3 Å². The lowest BCUT2D eigenvalue weighted by atomic mass is 9.88. The molecule has 9 heteroatoms. The van der Waals surface area contributed by atoms with E-state index in [1.165, 1.54) is 11.9 Å². The molecule has 2 N–H and O–H groups in total. The standard InChI is InChI=1S/C28H35N7O2/c1-18-10-20-11-24(22(14-30)15-31-3)21(13-29)12-27(20)34(16-18)28-25-17-33(19(2)36)7-4-26(25)35(32-28)23-5-8-37-9-6-23/h11-12,14-15,18,23H,4-10,16-17,30H2,1-3H3. The molecule has 1 aromatic heterocycles. The van der Waals surface area contributed by atoms with Gasteiger partial charge in [0.1, 0.15) is 0 Å². The Hall–Kier alpha value is -3.64. The smallest absolute Gasteiger partial charge is 0.219 e. The molecule has 1 unspecified atom stereocenters. The first kappa shape index (κ1) is 25.0. The van der Waals surface area contributed by atoms with Crippen LogP contribution in [-0.2, 0) is 28.9 Å². The minimum absolute atomic E-state index is 0.0814. The third kappa shape index (κ3) is 4.62. The summed E-state index contributed by atoms with van der Waals surface area (Å²) in [7, 11) is 1.69. The summed E-state index contributed by atoms with van der Waals surface area (Å²) in [6.07, 6.45) is 6.75. The van der Waals surface area contributed by atoms with Gasteiger partial charge in [-0.25, -0.2) is 0 Å². The average Bonchev–Trinajstić information content (AvgIpc) is 3.29. The number of aromatic nitrogens is 2. The molecular formula is C28H35N7O2. The van der Waals surface area contributed by atoms with Crippen LogP contribution in [0.2, 0.25) is 0 Å². The van der Waals surface area contributed by atoms with E-state index in [1.54, 1.807) is 20.2 Å². The van der Waals surface area contributed by atoms with E-state index in [9.17, 15) is 10.1 Å². The zero-order valence-corrected chi connectivity index (χ0v) is 21.9. The first-order chi connectivity index (χ1) is 17.9. The third-order valence-electron chi connectivity index (χ3n) is 7.75. The summed E-state index contributed by atoms with van der Waals surface area (Å²) >= 11 is 0. The Morgan fingerprint density at radius 3 is 2.78 bits per heavy atom. The van der Waals surface area contributed by atoms with E-state index in [1.807, 2.05) is 11.0 Å². The van der Waals surface area contributed by atoms with Gasteiger partial charge in [0.2, 0.25) is 5.91 Å². The molecule has 0 bridgehead atoms. The SMILES string of the molecule is CN=CC(=CN)c1cc2c(cc1C#N)N(c1nn(C3CCOCC3)c3c1CN(C(C)=O)CC3)CC(C)C2. The van der Waals surface area contributed by atoms with E-state index >= 15 is 0 Å². The Bertz CT molecular complexity index is 1300. The van der Waals surface area contributed by atoms with Crippen molar-refractivity contribution in [3.05, 3.63) is 46.3 Å². The highest BCUT2D eigenvalue weighted by Gasteiger charge is 2.34. The Labute approximate surface area is 218 Å². The number of allylic oxidation sites excluding steroid dienone is 1. The molecule has 9 nitrogen and oxygen atoms in total. The Kier molecular flexibility index (Phi) is 7.02. The maximum absolute atomic E-state index is 12.3. The lowest BCUT2D eigenvalue weighted by Crippen LogP contribution is -2.36. The van der Waals surface area contributed by atoms with Crippen LogP contribution in [0, 0.1) is 17.2 Å². The fourth-order valence-electron chi connectivity index (χ4n) is 5.92. The highest BCUT2D eigenvalue weighted by molar-refractivity contribution is 6.10. The van der Waals surface area contributed by atoms with E-state index in [0.29, 0.717) is 30.6 Å². The molecule has 1 saturated heterocycles. The number of fused-ring (bicyclic) bond motifs is 2. The normalized spacial score (nSPS) is 20.6. The number of nitrogens with two attached hydrogens (primary N) is 1.